The first kappa shape index (κ1) is 17.5. The molecule has 0 radical (unpaired) electrons. The maximum Gasteiger partial charge on any atom is 0.338 e. The Morgan fingerprint density at radius 2 is 1.52 bits per heavy atom. The Hall–Kier alpha value is -3.84. The summed E-state index contributed by atoms with van der Waals surface area (Å²) in [6.07, 6.45) is 0. The number of nitrogens with zero attached hydrogens (tertiary/aromatic N) is 2. The van der Waals surface area contributed by atoms with E-state index in [1.165, 1.54) is 44.6 Å². The summed E-state index contributed by atoms with van der Waals surface area (Å²) in [5, 5.41) is 18.3. The molecule has 0 N–H and O–H groups in total. The molecule has 0 heterocycles. The van der Waals surface area contributed by atoms with Gasteiger partial charge in [0.2, 0.25) is 0 Å². The number of benzene rings is 2. The highest BCUT2D eigenvalue weighted by molar-refractivity contribution is 5.96. The molecule has 2 aromatic rings. The summed E-state index contributed by atoms with van der Waals surface area (Å²) in [4.78, 5) is 23.6. The highest BCUT2D eigenvalue weighted by Gasteiger charge is 2.16. The number of rotatable bonds is 4. The molecular weight excluding hydrogens is 324 g/mol. The minimum absolute atomic E-state index is 0.0492. The van der Waals surface area contributed by atoms with Gasteiger partial charge in [-0.3, -0.25) is 0 Å². The molecule has 0 saturated heterocycles. The van der Waals surface area contributed by atoms with E-state index in [-0.39, 0.29) is 33.8 Å². The van der Waals surface area contributed by atoms with Gasteiger partial charge < -0.3 is 14.2 Å². The Morgan fingerprint density at radius 3 is 2.00 bits per heavy atom. The van der Waals surface area contributed by atoms with Crippen LogP contribution in [0.2, 0.25) is 0 Å². The van der Waals surface area contributed by atoms with Gasteiger partial charge in [-0.15, -0.1) is 0 Å². The van der Waals surface area contributed by atoms with Crippen molar-refractivity contribution in [1.29, 1.82) is 10.5 Å². The summed E-state index contributed by atoms with van der Waals surface area (Å²) in [6.45, 7) is 0. The lowest BCUT2D eigenvalue weighted by Crippen LogP contribution is -2.07. The zero-order valence-electron chi connectivity index (χ0n) is 13.4. The van der Waals surface area contributed by atoms with Crippen LogP contribution < -0.4 is 4.74 Å². The highest BCUT2D eigenvalue weighted by atomic mass is 16.5. The van der Waals surface area contributed by atoms with E-state index in [0.29, 0.717) is 0 Å². The molecule has 0 unspecified atom stereocenters. The van der Waals surface area contributed by atoms with Gasteiger partial charge >= 0.3 is 11.9 Å². The van der Waals surface area contributed by atoms with E-state index in [1.807, 2.05) is 12.1 Å². The summed E-state index contributed by atoms with van der Waals surface area (Å²) in [6, 6.07) is 12.4. The largest absolute Gasteiger partial charge is 0.465 e. The predicted octanol–water partition coefficient (Wildman–Crippen LogP) is 2.80. The van der Waals surface area contributed by atoms with E-state index in [9.17, 15) is 14.9 Å². The van der Waals surface area contributed by atoms with Crippen molar-refractivity contribution in [3.05, 3.63) is 58.7 Å². The maximum atomic E-state index is 11.8. The van der Waals surface area contributed by atoms with E-state index in [0.717, 1.165) is 0 Å². The first-order valence-electron chi connectivity index (χ1n) is 6.96. The number of nitriles is 2. The maximum absolute atomic E-state index is 11.8. The van der Waals surface area contributed by atoms with Crippen LogP contribution in [-0.2, 0) is 9.47 Å². The lowest BCUT2D eigenvalue weighted by atomic mass is 10.1. The van der Waals surface area contributed by atoms with Crippen LogP contribution in [0.15, 0.2) is 36.4 Å². The molecule has 124 valence electrons. The molecule has 0 aromatic heterocycles. The van der Waals surface area contributed by atoms with Gasteiger partial charge in [0.05, 0.1) is 30.9 Å². The Morgan fingerprint density at radius 1 is 0.920 bits per heavy atom. The van der Waals surface area contributed by atoms with Crippen molar-refractivity contribution in [2.24, 2.45) is 0 Å². The van der Waals surface area contributed by atoms with E-state index in [4.69, 9.17) is 10.00 Å². The Kier molecular flexibility index (Phi) is 5.34. The Balaban J connectivity index is 2.53. The number of hydrogen-bond acceptors (Lipinski definition) is 7. The van der Waals surface area contributed by atoms with Crippen LogP contribution in [-0.4, -0.2) is 26.2 Å². The molecule has 0 aliphatic rings. The number of carbonyl (C=O) groups is 2. The summed E-state index contributed by atoms with van der Waals surface area (Å²) in [5.74, 6) is -1.09. The van der Waals surface area contributed by atoms with Crippen LogP contribution >= 0.6 is 0 Å². The first-order valence-corrected chi connectivity index (χ1v) is 6.96. The summed E-state index contributed by atoms with van der Waals surface area (Å²) < 4.78 is 14.9. The molecule has 0 amide bonds. The normalized spacial score (nSPS) is 9.44. The monoisotopic (exact) mass is 336 g/mol. The fourth-order valence-corrected chi connectivity index (χ4v) is 2.08. The van der Waals surface area contributed by atoms with Gasteiger partial charge in [-0.1, -0.05) is 6.07 Å². The quantitative estimate of drug-likeness (QED) is 0.789. The van der Waals surface area contributed by atoms with E-state index < -0.39 is 11.9 Å². The molecule has 0 bridgehead atoms. The number of esters is 2. The molecule has 2 aromatic carbocycles. The second-order valence-corrected chi connectivity index (χ2v) is 4.73. The van der Waals surface area contributed by atoms with E-state index in [1.54, 1.807) is 6.07 Å². The average molecular weight is 336 g/mol. The van der Waals surface area contributed by atoms with Gasteiger partial charge in [-0.25, -0.2) is 9.59 Å². The highest BCUT2D eigenvalue weighted by Crippen LogP contribution is 2.29. The lowest BCUT2D eigenvalue weighted by Gasteiger charge is -2.11. The molecular formula is C18H12N2O5. The standard InChI is InChI=1S/C18H12N2O5/c1-23-17(21)12-6-13(18(22)24-2)8-14(7-12)25-16-5-3-4-11(9-19)15(16)10-20/h3-8H,1-2H3. The molecule has 0 fully saturated rings. The van der Waals surface area contributed by atoms with Crippen LogP contribution in [0, 0.1) is 22.7 Å². The fraction of sp³-hybridized carbons (Fsp3) is 0.111. The molecule has 7 nitrogen and oxygen atoms in total. The van der Waals surface area contributed by atoms with Crippen molar-refractivity contribution in [2.75, 3.05) is 14.2 Å². The third-order valence-electron chi connectivity index (χ3n) is 3.24. The van der Waals surface area contributed by atoms with Crippen LogP contribution in [0.5, 0.6) is 11.5 Å². The molecule has 0 atom stereocenters. The van der Waals surface area contributed by atoms with Crippen molar-refractivity contribution in [3.63, 3.8) is 0 Å². The van der Waals surface area contributed by atoms with Gasteiger partial charge in [0.25, 0.3) is 0 Å². The van der Waals surface area contributed by atoms with E-state index in [2.05, 4.69) is 9.47 Å². The van der Waals surface area contributed by atoms with Gasteiger partial charge in [0.1, 0.15) is 29.2 Å². The minimum atomic E-state index is -0.665. The minimum Gasteiger partial charge on any atom is -0.465 e. The smallest absolute Gasteiger partial charge is 0.338 e. The number of ether oxygens (including phenoxy) is 3. The molecule has 0 aliphatic carbocycles. The number of methoxy groups -OCH3 is 2. The molecule has 0 aliphatic heterocycles. The van der Waals surface area contributed by atoms with Crippen molar-refractivity contribution < 1.29 is 23.8 Å². The van der Waals surface area contributed by atoms with Crippen molar-refractivity contribution >= 4 is 11.9 Å². The second-order valence-electron chi connectivity index (χ2n) is 4.73. The van der Waals surface area contributed by atoms with Gasteiger partial charge in [-0.05, 0) is 30.3 Å². The summed E-state index contributed by atoms with van der Waals surface area (Å²) >= 11 is 0. The van der Waals surface area contributed by atoms with Gasteiger partial charge in [0.15, 0.2) is 0 Å². The predicted molar refractivity (Wildman–Crippen MR) is 85.1 cm³/mol. The second kappa shape index (κ2) is 7.62. The van der Waals surface area contributed by atoms with Crippen LogP contribution in [0.1, 0.15) is 31.8 Å². The lowest BCUT2D eigenvalue weighted by molar-refractivity contribution is 0.0598. The number of carbonyl (C=O) groups excluding carboxylic acids is 2. The molecule has 0 saturated carbocycles. The third-order valence-corrected chi connectivity index (χ3v) is 3.24. The molecule has 7 heteroatoms. The van der Waals surface area contributed by atoms with Gasteiger partial charge in [0, 0.05) is 0 Å². The number of hydrogen-bond donors (Lipinski definition) is 0. The summed E-state index contributed by atoms with van der Waals surface area (Å²) in [7, 11) is 2.41. The molecule has 2 rings (SSSR count). The van der Waals surface area contributed by atoms with Gasteiger partial charge in [-0.2, -0.15) is 10.5 Å². The van der Waals surface area contributed by atoms with Crippen molar-refractivity contribution in [1.82, 2.24) is 0 Å². The molecule has 25 heavy (non-hydrogen) atoms. The summed E-state index contributed by atoms with van der Waals surface area (Å²) in [5.41, 5.74) is 0.357. The fourth-order valence-electron chi connectivity index (χ4n) is 2.08. The Bertz CT molecular complexity index is 888. The van der Waals surface area contributed by atoms with Crippen molar-refractivity contribution in [2.45, 2.75) is 0 Å². The van der Waals surface area contributed by atoms with Crippen LogP contribution in [0.4, 0.5) is 0 Å². The van der Waals surface area contributed by atoms with Crippen LogP contribution in [0.3, 0.4) is 0 Å². The van der Waals surface area contributed by atoms with Crippen molar-refractivity contribution in [3.8, 4) is 23.6 Å². The third kappa shape index (κ3) is 3.74. The Labute approximate surface area is 143 Å². The zero-order valence-corrected chi connectivity index (χ0v) is 13.4. The SMILES string of the molecule is COC(=O)c1cc(Oc2cccc(C#N)c2C#N)cc(C(=O)OC)c1. The van der Waals surface area contributed by atoms with E-state index >= 15 is 0 Å². The molecule has 0 spiro atoms. The average Bonchev–Trinajstić information content (AvgIpc) is 2.65. The zero-order chi connectivity index (χ0) is 18.4. The first-order chi connectivity index (χ1) is 12.0. The topological polar surface area (TPSA) is 109 Å². The van der Waals surface area contributed by atoms with Crippen LogP contribution in [0.25, 0.3) is 0 Å².